The van der Waals surface area contributed by atoms with Gasteiger partial charge in [-0.25, -0.2) is 0 Å². The van der Waals surface area contributed by atoms with E-state index in [1.54, 1.807) is 0 Å². The zero-order valence-electron chi connectivity index (χ0n) is 5.75. The van der Waals surface area contributed by atoms with Crippen LogP contribution in [0.1, 0.15) is 6.92 Å². The van der Waals surface area contributed by atoms with Crippen molar-refractivity contribution in [3.8, 4) is 0 Å². The van der Waals surface area contributed by atoms with E-state index in [1.807, 2.05) is 0 Å². The molecule has 0 saturated carbocycles. The van der Waals surface area contributed by atoms with Crippen molar-refractivity contribution in [2.75, 3.05) is 0 Å². The topological polar surface area (TPSA) is 9.23 Å². The van der Waals surface area contributed by atoms with Crippen LogP contribution in [0, 0.1) is 0 Å². The molecule has 0 spiro atoms. The van der Waals surface area contributed by atoms with Gasteiger partial charge in [0.2, 0.25) is 0 Å². The van der Waals surface area contributed by atoms with Crippen molar-refractivity contribution >= 4 is 0 Å². The molecule has 0 aliphatic heterocycles. The maximum absolute atomic E-state index is 11.8. The highest BCUT2D eigenvalue weighted by Crippen LogP contribution is 2.26. The number of rotatable bonds is 2. The molecule has 0 aromatic heterocycles. The van der Waals surface area contributed by atoms with Crippen LogP contribution >= 0.6 is 0 Å². The van der Waals surface area contributed by atoms with E-state index in [0.717, 1.165) is 0 Å². The van der Waals surface area contributed by atoms with Gasteiger partial charge in [0.05, 0.1) is 0 Å². The average molecular weight is 194 g/mol. The molecule has 0 aromatic rings. The van der Waals surface area contributed by atoms with Crippen molar-refractivity contribution in [1.29, 1.82) is 0 Å². The molecule has 7 heteroatoms. The van der Waals surface area contributed by atoms with Gasteiger partial charge in [-0.15, -0.1) is 0 Å². The van der Waals surface area contributed by atoms with Gasteiger partial charge in [0.15, 0.2) is 5.76 Å². The molecular formula is C5H4F6O. The van der Waals surface area contributed by atoms with Crippen LogP contribution in [0.3, 0.4) is 0 Å². The van der Waals surface area contributed by atoms with Gasteiger partial charge in [-0.05, 0) is 6.92 Å². The maximum atomic E-state index is 11.8. The zero-order valence-corrected chi connectivity index (χ0v) is 5.75. The van der Waals surface area contributed by atoms with E-state index in [-0.39, 0.29) is 0 Å². The Balaban J connectivity index is 4.21. The molecule has 0 fully saturated rings. The van der Waals surface area contributed by atoms with Gasteiger partial charge in [-0.2, -0.15) is 26.3 Å². The van der Waals surface area contributed by atoms with Crippen molar-refractivity contribution < 1.29 is 31.1 Å². The molecule has 0 rings (SSSR count). The van der Waals surface area contributed by atoms with Gasteiger partial charge in [0.25, 0.3) is 0 Å². The summed E-state index contributed by atoms with van der Waals surface area (Å²) in [6.07, 6.45) is -11.5. The number of hydrogen-bond donors (Lipinski definition) is 0. The third kappa shape index (κ3) is 3.49. The Morgan fingerprint density at radius 1 is 1.25 bits per heavy atom. The van der Waals surface area contributed by atoms with Gasteiger partial charge in [-0.1, -0.05) is 0 Å². The Morgan fingerprint density at radius 3 is 1.92 bits per heavy atom. The Bertz CT molecular complexity index is 179. The molecule has 72 valence electrons. The number of hydrogen-bond acceptors (Lipinski definition) is 1. The number of alkyl halides is 4. The lowest BCUT2D eigenvalue weighted by Gasteiger charge is -2.13. The first-order valence-electron chi connectivity index (χ1n) is 2.64. The van der Waals surface area contributed by atoms with Gasteiger partial charge in [-0.3, -0.25) is 0 Å². The van der Waals surface area contributed by atoms with Crippen molar-refractivity contribution in [1.82, 2.24) is 0 Å². The SMILES string of the molecule is CC(OC(F)C(F)(F)F)=C(F)F. The first-order valence-corrected chi connectivity index (χ1v) is 2.64. The molecule has 1 nitrogen and oxygen atoms in total. The standard InChI is InChI=1S/C5H4F6O/c1-2(3(6)7)12-4(8)5(9,10)11/h4H,1H3. The van der Waals surface area contributed by atoms with E-state index < -0.39 is 24.4 Å². The Hall–Kier alpha value is -0.880. The number of ether oxygens (including phenoxy) is 1. The number of allylic oxidation sites excluding steroid dienone is 1. The highest BCUT2D eigenvalue weighted by molar-refractivity contribution is 4.88. The minimum absolute atomic E-state index is 0.535. The summed E-state index contributed by atoms with van der Waals surface area (Å²) in [5, 5.41) is 0. The molecule has 0 bridgehead atoms. The quantitative estimate of drug-likeness (QED) is 0.485. The van der Waals surface area contributed by atoms with E-state index in [2.05, 4.69) is 4.74 Å². The predicted octanol–water partition coefficient (Wildman–Crippen LogP) is 2.99. The van der Waals surface area contributed by atoms with E-state index in [4.69, 9.17) is 0 Å². The molecule has 0 saturated heterocycles. The van der Waals surface area contributed by atoms with Crippen molar-refractivity contribution in [2.24, 2.45) is 0 Å². The molecule has 12 heavy (non-hydrogen) atoms. The smallest absolute Gasteiger partial charge is 0.451 e. The normalized spacial score (nSPS) is 13.9. The number of halogens is 6. The molecule has 0 N–H and O–H groups in total. The molecular weight excluding hydrogens is 190 g/mol. The highest BCUT2D eigenvalue weighted by atomic mass is 19.4. The van der Waals surface area contributed by atoms with Crippen LogP contribution in [0.25, 0.3) is 0 Å². The average Bonchev–Trinajstić information content (AvgIpc) is 1.85. The van der Waals surface area contributed by atoms with Crippen LogP contribution in [0.2, 0.25) is 0 Å². The van der Waals surface area contributed by atoms with Crippen LogP contribution in [0.4, 0.5) is 26.3 Å². The van der Waals surface area contributed by atoms with Gasteiger partial charge < -0.3 is 4.74 Å². The third-order valence-electron chi connectivity index (χ3n) is 0.804. The molecule has 0 aliphatic carbocycles. The summed E-state index contributed by atoms with van der Waals surface area (Å²) in [5.41, 5.74) is 0. The molecule has 0 aromatic carbocycles. The lowest BCUT2D eigenvalue weighted by Crippen LogP contribution is -2.26. The first kappa shape index (κ1) is 11.1. The summed E-state index contributed by atoms with van der Waals surface area (Å²) in [5.74, 6) is -1.38. The molecule has 1 unspecified atom stereocenters. The monoisotopic (exact) mass is 194 g/mol. The van der Waals surface area contributed by atoms with Crippen molar-refractivity contribution in [3.05, 3.63) is 11.8 Å². The molecule has 0 aliphatic rings. The van der Waals surface area contributed by atoms with Crippen molar-refractivity contribution in [3.63, 3.8) is 0 Å². The predicted molar refractivity (Wildman–Crippen MR) is 27.0 cm³/mol. The second kappa shape index (κ2) is 3.68. The molecule has 0 amide bonds. The Morgan fingerprint density at radius 2 is 1.67 bits per heavy atom. The van der Waals surface area contributed by atoms with Crippen LogP contribution in [0.15, 0.2) is 11.8 Å². The summed E-state index contributed by atoms with van der Waals surface area (Å²) in [6.45, 7) is 0.535. The lowest BCUT2D eigenvalue weighted by atomic mass is 10.6. The minimum Gasteiger partial charge on any atom is -0.451 e. The second-order valence-corrected chi connectivity index (χ2v) is 1.79. The fourth-order valence-electron chi connectivity index (χ4n) is 0.267. The maximum Gasteiger partial charge on any atom is 0.457 e. The Kier molecular flexibility index (Phi) is 3.41. The van der Waals surface area contributed by atoms with E-state index in [1.165, 1.54) is 0 Å². The summed E-state index contributed by atoms with van der Waals surface area (Å²) in [7, 11) is 0. The van der Waals surface area contributed by atoms with Crippen molar-refractivity contribution in [2.45, 2.75) is 19.5 Å². The summed E-state index contributed by atoms with van der Waals surface area (Å²) >= 11 is 0. The van der Waals surface area contributed by atoms with Crippen LogP contribution in [-0.2, 0) is 4.74 Å². The Labute approximate surface area is 63.6 Å². The highest BCUT2D eigenvalue weighted by Gasteiger charge is 2.42. The van der Waals surface area contributed by atoms with Gasteiger partial charge in [0, 0.05) is 0 Å². The summed E-state index contributed by atoms with van der Waals surface area (Å²) in [6, 6.07) is 0. The summed E-state index contributed by atoms with van der Waals surface area (Å²) < 4.78 is 71.7. The van der Waals surface area contributed by atoms with Gasteiger partial charge in [0.1, 0.15) is 0 Å². The molecule has 1 atom stereocenters. The van der Waals surface area contributed by atoms with Crippen LogP contribution in [0.5, 0.6) is 0 Å². The van der Waals surface area contributed by atoms with E-state index in [0.29, 0.717) is 6.92 Å². The third-order valence-corrected chi connectivity index (χ3v) is 0.804. The fourth-order valence-corrected chi connectivity index (χ4v) is 0.267. The molecule has 0 heterocycles. The first-order chi connectivity index (χ1) is 5.25. The summed E-state index contributed by atoms with van der Waals surface area (Å²) in [4.78, 5) is 0. The largest absolute Gasteiger partial charge is 0.457 e. The minimum atomic E-state index is -5.28. The van der Waals surface area contributed by atoms with Gasteiger partial charge >= 0.3 is 18.6 Å². The van der Waals surface area contributed by atoms with E-state index in [9.17, 15) is 26.3 Å². The lowest BCUT2D eigenvalue weighted by molar-refractivity contribution is -0.253. The molecule has 0 radical (unpaired) electrons. The van der Waals surface area contributed by atoms with E-state index >= 15 is 0 Å². The second-order valence-electron chi connectivity index (χ2n) is 1.79. The fraction of sp³-hybridized carbons (Fsp3) is 0.600. The van der Waals surface area contributed by atoms with Crippen LogP contribution < -0.4 is 0 Å². The zero-order chi connectivity index (χ0) is 9.94. The van der Waals surface area contributed by atoms with Crippen LogP contribution in [-0.4, -0.2) is 12.5 Å².